The van der Waals surface area contributed by atoms with Gasteiger partial charge in [-0.25, -0.2) is 0 Å². The summed E-state index contributed by atoms with van der Waals surface area (Å²) in [5.41, 5.74) is 0. The van der Waals surface area contributed by atoms with E-state index in [2.05, 4.69) is 0 Å². The molecule has 64 valence electrons. The zero-order chi connectivity index (χ0) is 8.85. The molecule has 0 heterocycles. The number of carboxylic acid groups (broad SMARTS) is 1. The SMILES string of the molecule is CCC[C@@H](C(=O)O)C(=O)CC. The second-order valence-corrected chi connectivity index (χ2v) is 2.50. The van der Waals surface area contributed by atoms with E-state index in [1.807, 2.05) is 6.92 Å². The van der Waals surface area contributed by atoms with Crippen LogP contribution in [0.25, 0.3) is 0 Å². The summed E-state index contributed by atoms with van der Waals surface area (Å²) >= 11 is 0. The van der Waals surface area contributed by atoms with Gasteiger partial charge in [-0.15, -0.1) is 0 Å². The molecule has 0 fully saturated rings. The van der Waals surface area contributed by atoms with E-state index >= 15 is 0 Å². The van der Waals surface area contributed by atoms with Gasteiger partial charge in [0.2, 0.25) is 0 Å². The van der Waals surface area contributed by atoms with Gasteiger partial charge in [-0.1, -0.05) is 20.3 Å². The van der Waals surface area contributed by atoms with Gasteiger partial charge in [0.05, 0.1) is 0 Å². The van der Waals surface area contributed by atoms with E-state index in [1.54, 1.807) is 6.92 Å². The summed E-state index contributed by atoms with van der Waals surface area (Å²) in [4.78, 5) is 21.4. The van der Waals surface area contributed by atoms with Crippen LogP contribution in [0.5, 0.6) is 0 Å². The van der Waals surface area contributed by atoms with E-state index in [1.165, 1.54) is 0 Å². The Bertz CT molecular complexity index is 151. The highest BCUT2D eigenvalue weighted by molar-refractivity contribution is 5.97. The summed E-state index contributed by atoms with van der Waals surface area (Å²) in [5, 5.41) is 8.59. The van der Waals surface area contributed by atoms with Gasteiger partial charge in [0.25, 0.3) is 0 Å². The minimum Gasteiger partial charge on any atom is -0.481 e. The molecule has 3 nitrogen and oxygen atoms in total. The van der Waals surface area contributed by atoms with Gasteiger partial charge in [-0.05, 0) is 6.42 Å². The summed E-state index contributed by atoms with van der Waals surface area (Å²) in [5.74, 6) is -1.93. The van der Waals surface area contributed by atoms with Gasteiger partial charge < -0.3 is 5.11 Å². The lowest BCUT2D eigenvalue weighted by molar-refractivity contribution is -0.146. The zero-order valence-corrected chi connectivity index (χ0v) is 6.96. The molecule has 0 amide bonds. The van der Waals surface area contributed by atoms with E-state index < -0.39 is 11.9 Å². The summed E-state index contributed by atoms with van der Waals surface area (Å²) in [6, 6.07) is 0. The van der Waals surface area contributed by atoms with E-state index in [0.29, 0.717) is 12.8 Å². The van der Waals surface area contributed by atoms with Crippen molar-refractivity contribution in [3.05, 3.63) is 0 Å². The molecule has 0 bridgehead atoms. The summed E-state index contributed by atoms with van der Waals surface area (Å²) in [6.07, 6.45) is 1.52. The van der Waals surface area contributed by atoms with Crippen molar-refractivity contribution in [2.75, 3.05) is 0 Å². The molecule has 0 spiro atoms. The topological polar surface area (TPSA) is 54.4 Å². The van der Waals surface area contributed by atoms with E-state index in [-0.39, 0.29) is 5.78 Å². The van der Waals surface area contributed by atoms with Gasteiger partial charge in [-0.2, -0.15) is 0 Å². The minimum absolute atomic E-state index is 0.167. The van der Waals surface area contributed by atoms with Gasteiger partial charge in [0, 0.05) is 6.42 Å². The highest BCUT2D eigenvalue weighted by atomic mass is 16.4. The number of carboxylic acids is 1. The lowest BCUT2D eigenvalue weighted by Crippen LogP contribution is -2.22. The minimum atomic E-state index is -0.987. The molecule has 0 aromatic heterocycles. The average molecular weight is 158 g/mol. The second kappa shape index (κ2) is 4.88. The Morgan fingerprint density at radius 2 is 1.91 bits per heavy atom. The van der Waals surface area contributed by atoms with Crippen LogP contribution in [0.2, 0.25) is 0 Å². The fourth-order valence-corrected chi connectivity index (χ4v) is 0.957. The van der Waals surface area contributed by atoms with E-state index in [4.69, 9.17) is 5.11 Å². The van der Waals surface area contributed by atoms with Crippen molar-refractivity contribution in [2.24, 2.45) is 5.92 Å². The van der Waals surface area contributed by atoms with Crippen molar-refractivity contribution in [2.45, 2.75) is 33.1 Å². The molecule has 1 N–H and O–H groups in total. The molecule has 0 aromatic rings. The Kier molecular flexibility index (Phi) is 4.50. The number of aliphatic carboxylic acids is 1. The molecular weight excluding hydrogens is 144 g/mol. The Hall–Kier alpha value is -0.860. The van der Waals surface area contributed by atoms with Gasteiger partial charge >= 0.3 is 5.97 Å². The van der Waals surface area contributed by atoms with Crippen molar-refractivity contribution in [1.29, 1.82) is 0 Å². The maximum absolute atomic E-state index is 11.0. The monoisotopic (exact) mass is 158 g/mol. The molecule has 0 rings (SSSR count). The number of carbonyl (C=O) groups is 2. The Labute approximate surface area is 66.4 Å². The van der Waals surface area contributed by atoms with E-state index in [0.717, 1.165) is 6.42 Å². The van der Waals surface area contributed by atoms with Crippen molar-refractivity contribution in [3.8, 4) is 0 Å². The fourth-order valence-electron chi connectivity index (χ4n) is 0.957. The molecule has 0 unspecified atom stereocenters. The number of Topliss-reactive ketones (excluding diaryl/α,β-unsaturated/α-hetero) is 1. The van der Waals surface area contributed by atoms with Crippen LogP contribution in [0.1, 0.15) is 33.1 Å². The van der Waals surface area contributed by atoms with Gasteiger partial charge in [0.15, 0.2) is 0 Å². The molecule has 0 aliphatic carbocycles. The van der Waals surface area contributed by atoms with Crippen LogP contribution in [0.4, 0.5) is 0 Å². The molecule has 1 atom stereocenters. The second-order valence-electron chi connectivity index (χ2n) is 2.50. The van der Waals surface area contributed by atoms with Crippen molar-refractivity contribution >= 4 is 11.8 Å². The van der Waals surface area contributed by atoms with Crippen LogP contribution in [-0.2, 0) is 9.59 Å². The first-order valence-electron chi connectivity index (χ1n) is 3.89. The van der Waals surface area contributed by atoms with Crippen LogP contribution in [0.3, 0.4) is 0 Å². The maximum atomic E-state index is 11.0. The van der Waals surface area contributed by atoms with Crippen LogP contribution < -0.4 is 0 Å². The molecule has 0 aromatic carbocycles. The first-order chi connectivity index (χ1) is 5.13. The number of rotatable bonds is 5. The Morgan fingerprint density at radius 3 is 2.18 bits per heavy atom. The molecule has 3 heteroatoms. The number of ketones is 1. The number of hydrogen-bond donors (Lipinski definition) is 1. The molecule has 0 radical (unpaired) electrons. The lowest BCUT2D eigenvalue weighted by atomic mass is 9.97. The summed E-state index contributed by atoms with van der Waals surface area (Å²) in [7, 11) is 0. The van der Waals surface area contributed by atoms with Crippen molar-refractivity contribution in [3.63, 3.8) is 0 Å². The summed E-state index contributed by atoms with van der Waals surface area (Å²) < 4.78 is 0. The number of carbonyl (C=O) groups excluding carboxylic acids is 1. The van der Waals surface area contributed by atoms with Crippen molar-refractivity contribution < 1.29 is 14.7 Å². The van der Waals surface area contributed by atoms with Crippen LogP contribution in [0.15, 0.2) is 0 Å². The standard InChI is InChI=1S/C8H14O3/c1-3-5-6(8(10)11)7(9)4-2/h6H,3-5H2,1-2H3,(H,10,11)/t6-/m1/s1. The molecule has 11 heavy (non-hydrogen) atoms. The zero-order valence-electron chi connectivity index (χ0n) is 6.96. The smallest absolute Gasteiger partial charge is 0.314 e. The van der Waals surface area contributed by atoms with Crippen LogP contribution in [0, 0.1) is 5.92 Å². The third-order valence-electron chi connectivity index (χ3n) is 1.61. The fraction of sp³-hybridized carbons (Fsp3) is 0.750. The first-order valence-corrected chi connectivity index (χ1v) is 3.89. The Balaban J connectivity index is 4.09. The highest BCUT2D eigenvalue weighted by Crippen LogP contribution is 2.09. The molecular formula is C8H14O3. The third-order valence-corrected chi connectivity index (χ3v) is 1.61. The van der Waals surface area contributed by atoms with Gasteiger partial charge in [0.1, 0.15) is 11.7 Å². The average Bonchev–Trinajstić information content (AvgIpc) is 1.98. The third kappa shape index (κ3) is 3.16. The normalized spacial score (nSPS) is 12.5. The first kappa shape index (κ1) is 10.1. The number of hydrogen-bond acceptors (Lipinski definition) is 2. The molecule has 0 aliphatic rings. The largest absolute Gasteiger partial charge is 0.481 e. The predicted molar refractivity (Wildman–Crippen MR) is 41.3 cm³/mol. The molecule has 0 saturated heterocycles. The van der Waals surface area contributed by atoms with E-state index in [9.17, 15) is 9.59 Å². The van der Waals surface area contributed by atoms with Crippen LogP contribution >= 0.6 is 0 Å². The summed E-state index contributed by atoms with van der Waals surface area (Å²) in [6.45, 7) is 3.56. The van der Waals surface area contributed by atoms with Crippen LogP contribution in [-0.4, -0.2) is 16.9 Å². The molecule has 0 saturated carbocycles. The van der Waals surface area contributed by atoms with Gasteiger partial charge in [-0.3, -0.25) is 9.59 Å². The Morgan fingerprint density at radius 1 is 1.36 bits per heavy atom. The molecule has 0 aliphatic heterocycles. The quantitative estimate of drug-likeness (QED) is 0.616. The predicted octanol–water partition coefficient (Wildman–Crippen LogP) is 1.47. The lowest BCUT2D eigenvalue weighted by Gasteiger charge is -2.06. The van der Waals surface area contributed by atoms with Crippen molar-refractivity contribution in [1.82, 2.24) is 0 Å². The highest BCUT2D eigenvalue weighted by Gasteiger charge is 2.22. The maximum Gasteiger partial charge on any atom is 0.314 e.